The molecule has 0 fully saturated rings. The number of aryl methyl sites for hydroxylation is 2. The van der Waals surface area contributed by atoms with Crippen LogP contribution in [0.5, 0.6) is 0 Å². The standard InChI is InChI=1S/C30H24N4O3/c1-16-12-26(31)34-17(2)21(16)14-32-29(35)18-10-11-20-24(13-18)30(22-7-4-3-6-19(22)27(20)37-30)23-8-5-9-25-28(23)36-15-33-25/h3-13,15,27H,14H2,1-2H3,(H2,31,34)(H,32,35). The molecule has 0 saturated carbocycles. The molecule has 3 N–H and O–H groups in total. The number of hydrogen-bond acceptors (Lipinski definition) is 6. The van der Waals surface area contributed by atoms with Gasteiger partial charge in [-0.05, 0) is 71.5 Å². The van der Waals surface area contributed by atoms with Crippen LogP contribution in [0.3, 0.4) is 0 Å². The minimum absolute atomic E-state index is 0.164. The Morgan fingerprint density at radius 2 is 1.81 bits per heavy atom. The lowest BCUT2D eigenvalue weighted by Crippen LogP contribution is -2.29. The van der Waals surface area contributed by atoms with Crippen molar-refractivity contribution in [3.05, 3.63) is 123 Å². The second kappa shape index (κ2) is 7.75. The minimum Gasteiger partial charge on any atom is -0.443 e. The first-order chi connectivity index (χ1) is 18.0. The van der Waals surface area contributed by atoms with E-state index in [0.717, 1.165) is 50.2 Å². The molecule has 3 aromatic carbocycles. The van der Waals surface area contributed by atoms with Crippen LogP contribution in [0.2, 0.25) is 0 Å². The molecule has 2 aromatic heterocycles. The number of carbonyl (C=O) groups is 1. The average molecular weight is 489 g/mol. The highest BCUT2D eigenvalue weighted by molar-refractivity contribution is 5.95. The number of para-hydroxylation sites is 1. The largest absolute Gasteiger partial charge is 0.443 e. The van der Waals surface area contributed by atoms with Crippen LogP contribution < -0.4 is 11.1 Å². The number of nitrogens with two attached hydrogens (primary N) is 1. The SMILES string of the molecule is Cc1cc(N)nc(C)c1CNC(=O)c1ccc2c(c1)C1(c3cccc4ncoc34)OC2c2ccccc21. The van der Waals surface area contributed by atoms with Crippen molar-refractivity contribution in [2.24, 2.45) is 0 Å². The number of ether oxygens (including phenoxy) is 1. The number of nitrogen functional groups attached to an aromatic ring is 1. The summed E-state index contributed by atoms with van der Waals surface area (Å²) in [6.45, 7) is 4.24. The third-order valence-electron chi connectivity index (χ3n) is 7.63. The summed E-state index contributed by atoms with van der Waals surface area (Å²) in [5.74, 6) is 0.314. The van der Waals surface area contributed by atoms with Crippen LogP contribution in [-0.2, 0) is 16.9 Å². The molecule has 7 rings (SSSR count). The first-order valence-electron chi connectivity index (χ1n) is 12.2. The van der Waals surface area contributed by atoms with E-state index in [1.165, 1.54) is 6.39 Å². The molecule has 7 nitrogen and oxygen atoms in total. The summed E-state index contributed by atoms with van der Waals surface area (Å²) in [6.07, 6.45) is 1.24. The fourth-order valence-electron chi connectivity index (χ4n) is 5.96. The second-order valence-electron chi connectivity index (χ2n) is 9.69. The molecule has 0 aliphatic carbocycles. The molecule has 37 heavy (non-hydrogen) atoms. The molecule has 4 heterocycles. The van der Waals surface area contributed by atoms with Gasteiger partial charge in [-0.1, -0.05) is 42.5 Å². The lowest BCUT2D eigenvalue weighted by molar-refractivity contribution is 0.0252. The van der Waals surface area contributed by atoms with E-state index in [0.29, 0.717) is 23.5 Å². The van der Waals surface area contributed by atoms with Crippen LogP contribution in [0.1, 0.15) is 61.1 Å². The van der Waals surface area contributed by atoms with Gasteiger partial charge in [-0.25, -0.2) is 9.97 Å². The predicted octanol–water partition coefficient (Wildman–Crippen LogP) is 5.08. The summed E-state index contributed by atoms with van der Waals surface area (Å²) in [5.41, 5.74) is 14.8. The Balaban J connectivity index is 1.32. The van der Waals surface area contributed by atoms with Crippen molar-refractivity contribution in [3.8, 4) is 0 Å². The monoisotopic (exact) mass is 488 g/mol. The molecule has 5 aromatic rings. The molecule has 2 unspecified atom stereocenters. The maximum Gasteiger partial charge on any atom is 0.251 e. The Morgan fingerprint density at radius 1 is 1.00 bits per heavy atom. The lowest BCUT2D eigenvalue weighted by Gasteiger charge is -2.29. The fraction of sp³-hybridized carbons (Fsp3) is 0.167. The lowest BCUT2D eigenvalue weighted by atomic mass is 9.73. The van der Waals surface area contributed by atoms with Gasteiger partial charge in [-0.15, -0.1) is 0 Å². The average Bonchev–Trinajstić information content (AvgIpc) is 3.60. The van der Waals surface area contributed by atoms with E-state index in [2.05, 4.69) is 27.4 Å². The van der Waals surface area contributed by atoms with Crippen molar-refractivity contribution in [2.75, 3.05) is 5.73 Å². The fourth-order valence-corrected chi connectivity index (χ4v) is 5.96. The Kier molecular flexibility index (Phi) is 4.56. The molecule has 7 heteroatoms. The smallest absolute Gasteiger partial charge is 0.251 e. The highest BCUT2D eigenvalue weighted by Gasteiger charge is 2.56. The Morgan fingerprint density at radius 3 is 2.68 bits per heavy atom. The van der Waals surface area contributed by atoms with E-state index in [4.69, 9.17) is 14.9 Å². The third kappa shape index (κ3) is 3.01. The Bertz CT molecular complexity index is 1720. The second-order valence-corrected chi connectivity index (χ2v) is 9.69. The first-order valence-corrected chi connectivity index (χ1v) is 12.2. The number of nitrogens with one attached hydrogen (secondary N) is 1. The quantitative estimate of drug-likeness (QED) is 0.366. The minimum atomic E-state index is -0.889. The summed E-state index contributed by atoms with van der Waals surface area (Å²) >= 11 is 0. The van der Waals surface area contributed by atoms with Gasteiger partial charge < -0.3 is 20.2 Å². The van der Waals surface area contributed by atoms with Gasteiger partial charge in [0.05, 0.1) is 0 Å². The Labute approximate surface area is 213 Å². The molecular weight excluding hydrogens is 464 g/mol. The van der Waals surface area contributed by atoms with E-state index in [1.807, 2.05) is 68.4 Å². The van der Waals surface area contributed by atoms with Gasteiger partial charge in [0.1, 0.15) is 23.0 Å². The number of nitrogens with zero attached hydrogens (tertiary/aromatic N) is 2. The van der Waals surface area contributed by atoms with E-state index in [9.17, 15) is 4.79 Å². The number of fused-ring (bicyclic) bond motifs is 9. The van der Waals surface area contributed by atoms with Crippen LogP contribution in [-0.4, -0.2) is 15.9 Å². The number of amides is 1. The van der Waals surface area contributed by atoms with Gasteiger partial charge >= 0.3 is 0 Å². The summed E-state index contributed by atoms with van der Waals surface area (Å²) in [6, 6.07) is 21.8. The maximum atomic E-state index is 13.3. The van der Waals surface area contributed by atoms with Crippen molar-refractivity contribution >= 4 is 22.8 Å². The van der Waals surface area contributed by atoms with Crippen molar-refractivity contribution in [3.63, 3.8) is 0 Å². The number of carbonyl (C=O) groups excluding carboxylic acids is 1. The molecule has 1 amide bonds. The molecular formula is C30H24N4O3. The van der Waals surface area contributed by atoms with E-state index < -0.39 is 5.60 Å². The summed E-state index contributed by atoms with van der Waals surface area (Å²) in [5, 5.41) is 3.06. The number of pyridine rings is 1. The van der Waals surface area contributed by atoms with Gasteiger partial charge in [-0.3, -0.25) is 4.79 Å². The maximum absolute atomic E-state index is 13.3. The predicted molar refractivity (Wildman–Crippen MR) is 139 cm³/mol. The zero-order chi connectivity index (χ0) is 25.3. The summed E-state index contributed by atoms with van der Waals surface area (Å²) in [7, 11) is 0. The molecule has 182 valence electrons. The number of anilines is 1. The van der Waals surface area contributed by atoms with Gasteiger partial charge in [0.2, 0.25) is 0 Å². The number of rotatable bonds is 4. The molecule has 2 atom stereocenters. The normalized spacial score (nSPS) is 19.1. The van der Waals surface area contributed by atoms with E-state index in [1.54, 1.807) is 0 Å². The highest BCUT2D eigenvalue weighted by Crippen LogP contribution is 2.61. The molecule has 2 bridgehead atoms. The molecule has 0 saturated heterocycles. The van der Waals surface area contributed by atoms with Gasteiger partial charge in [0.15, 0.2) is 12.0 Å². The van der Waals surface area contributed by atoms with Crippen molar-refractivity contribution < 1.29 is 13.9 Å². The van der Waals surface area contributed by atoms with Crippen LogP contribution in [0.25, 0.3) is 11.1 Å². The zero-order valence-electron chi connectivity index (χ0n) is 20.4. The number of oxazole rings is 1. The van der Waals surface area contributed by atoms with Crippen LogP contribution in [0.4, 0.5) is 5.82 Å². The van der Waals surface area contributed by atoms with Gasteiger partial charge in [0.25, 0.3) is 5.91 Å². The third-order valence-corrected chi connectivity index (χ3v) is 7.63. The van der Waals surface area contributed by atoms with Crippen LogP contribution in [0, 0.1) is 13.8 Å². The highest BCUT2D eigenvalue weighted by atomic mass is 16.5. The van der Waals surface area contributed by atoms with E-state index in [-0.39, 0.29) is 12.0 Å². The molecule has 0 spiro atoms. The van der Waals surface area contributed by atoms with Gasteiger partial charge in [-0.2, -0.15) is 0 Å². The first kappa shape index (κ1) is 21.8. The summed E-state index contributed by atoms with van der Waals surface area (Å²) < 4.78 is 12.7. The molecule has 0 radical (unpaired) electrons. The van der Waals surface area contributed by atoms with Crippen LogP contribution in [0.15, 0.2) is 77.5 Å². The van der Waals surface area contributed by atoms with Crippen molar-refractivity contribution in [2.45, 2.75) is 32.1 Å². The Hall–Kier alpha value is -4.49. The van der Waals surface area contributed by atoms with Crippen LogP contribution >= 0.6 is 0 Å². The van der Waals surface area contributed by atoms with E-state index >= 15 is 0 Å². The number of hydrogen-bond donors (Lipinski definition) is 2. The number of aromatic nitrogens is 2. The zero-order valence-corrected chi connectivity index (χ0v) is 20.4. The topological polar surface area (TPSA) is 103 Å². The number of benzene rings is 3. The van der Waals surface area contributed by atoms with Crippen molar-refractivity contribution in [1.29, 1.82) is 0 Å². The van der Waals surface area contributed by atoms with Crippen molar-refractivity contribution in [1.82, 2.24) is 15.3 Å². The molecule has 2 aliphatic heterocycles. The molecule has 2 aliphatic rings. The van der Waals surface area contributed by atoms with Gasteiger partial charge in [0, 0.05) is 23.4 Å². The summed E-state index contributed by atoms with van der Waals surface area (Å²) in [4.78, 5) is 22.0.